The molecular formula is C57H96N2O12. The van der Waals surface area contributed by atoms with Gasteiger partial charge in [0.15, 0.2) is 0 Å². The molecule has 0 saturated carbocycles. The van der Waals surface area contributed by atoms with Gasteiger partial charge in [-0.1, -0.05) is 50.5 Å². The van der Waals surface area contributed by atoms with E-state index in [0.717, 1.165) is 122 Å². The third kappa shape index (κ3) is 38.8. The van der Waals surface area contributed by atoms with E-state index >= 15 is 0 Å². The summed E-state index contributed by atoms with van der Waals surface area (Å²) in [5.74, 6) is -2.14. The molecule has 0 spiro atoms. The molecule has 1 N–H and O–H groups in total. The quantitative estimate of drug-likeness (QED) is 0.0264. The van der Waals surface area contributed by atoms with E-state index in [2.05, 4.69) is 43.5 Å². The van der Waals surface area contributed by atoms with E-state index < -0.39 is 36.0 Å². The van der Waals surface area contributed by atoms with Crippen molar-refractivity contribution in [2.75, 3.05) is 59.2 Å². The number of carbonyl (C=O) groups is 6. The number of carbonyl (C=O) groups excluding carboxylic acids is 6. The molecule has 71 heavy (non-hydrogen) atoms. The van der Waals surface area contributed by atoms with Crippen molar-refractivity contribution in [2.24, 2.45) is 17.8 Å². The van der Waals surface area contributed by atoms with Crippen molar-refractivity contribution in [3.8, 4) is 0 Å². The molecule has 406 valence electrons. The zero-order valence-electron chi connectivity index (χ0n) is 44.2. The Kier molecular flexibility index (Phi) is 41.3. The second kappa shape index (κ2) is 45.4. The van der Waals surface area contributed by atoms with E-state index in [0.29, 0.717) is 58.3 Å². The molecule has 1 amide bonds. The number of alkyl carbamates (subject to hydrolysis) is 1. The van der Waals surface area contributed by atoms with Crippen LogP contribution in [0.4, 0.5) is 4.79 Å². The number of nitrogens with zero attached hydrogens (tertiary/aromatic N) is 1. The lowest BCUT2D eigenvalue weighted by Gasteiger charge is -2.20. The van der Waals surface area contributed by atoms with Crippen molar-refractivity contribution >= 4 is 35.9 Å². The normalized spacial score (nSPS) is 12.8. The van der Waals surface area contributed by atoms with Crippen LogP contribution in [0.15, 0.2) is 50.6 Å². The zero-order valence-corrected chi connectivity index (χ0v) is 44.2. The van der Waals surface area contributed by atoms with Gasteiger partial charge in [-0.2, -0.15) is 0 Å². The predicted molar refractivity (Wildman–Crippen MR) is 280 cm³/mol. The van der Waals surface area contributed by atoms with Gasteiger partial charge in [0, 0.05) is 45.2 Å². The third-order valence-corrected chi connectivity index (χ3v) is 12.7. The molecule has 1 rings (SSSR count). The molecule has 0 radical (unpaired) electrons. The largest absolute Gasteiger partial charge is 0.465 e. The highest BCUT2D eigenvalue weighted by Crippen LogP contribution is 2.20. The fraction of sp³-hybridized carbons (Fsp3) is 0.754. The highest BCUT2D eigenvalue weighted by atomic mass is 16.6. The average Bonchev–Trinajstić information content (AvgIpc) is 3.88. The van der Waals surface area contributed by atoms with E-state index in [9.17, 15) is 28.8 Å². The smallest absolute Gasteiger partial charge is 0.407 e. The first-order chi connectivity index (χ1) is 34.5. The number of likely N-dealkylation sites (tertiary alicyclic amines) is 1. The lowest BCUT2D eigenvalue weighted by atomic mass is 9.96. The molecule has 14 heteroatoms. The summed E-state index contributed by atoms with van der Waals surface area (Å²) in [6.45, 7) is 20.9. The Morgan fingerprint density at radius 2 is 0.845 bits per heavy atom. The highest BCUT2D eigenvalue weighted by Gasteiger charge is 2.22. The van der Waals surface area contributed by atoms with Crippen LogP contribution in [0.1, 0.15) is 193 Å². The van der Waals surface area contributed by atoms with E-state index in [-0.39, 0.29) is 75.7 Å². The van der Waals surface area contributed by atoms with Gasteiger partial charge in [-0.05, 0) is 160 Å². The fourth-order valence-electron chi connectivity index (χ4n) is 8.32. The molecule has 0 bridgehead atoms. The Balaban J connectivity index is 2.72. The first-order valence-electron chi connectivity index (χ1n) is 27.4. The minimum Gasteiger partial charge on any atom is -0.465 e. The second-order valence-electron chi connectivity index (χ2n) is 19.2. The van der Waals surface area contributed by atoms with Crippen LogP contribution in [0, 0.1) is 17.8 Å². The number of nitrogens with one attached hydrogen (secondary N) is 1. The number of ether oxygens (including phenoxy) is 6. The number of esters is 5. The predicted octanol–water partition coefficient (Wildman–Crippen LogP) is 12.0. The van der Waals surface area contributed by atoms with Crippen molar-refractivity contribution in [2.45, 2.75) is 199 Å². The summed E-state index contributed by atoms with van der Waals surface area (Å²) in [6, 6.07) is 0. The van der Waals surface area contributed by atoms with Crippen molar-refractivity contribution in [3.63, 3.8) is 0 Å². The molecule has 1 fully saturated rings. The molecule has 0 aromatic heterocycles. The van der Waals surface area contributed by atoms with Gasteiger partial charge in [0.1, 0.15) is 25.9 Å². The monoisotopic (exact) mass is 1000 g/mol. The highest BCUT2D eigenvalue weighted by molar-refractivity contribution is 5.72. The Morgan fingerprint density at radius 3 is 1.23 bits per heavy atom. The van der Waals surface area contributed by atoms with E-state index in [1.54, 1.807) is 0 Å². The third-order valence-electron chi connectivity index (χ3n) is 12.7. The van der Waals surface area contributed by atoms with Crippen LogP contribution in [0.5, 0.6) is 0 Å². The summed E-state index contributed by atoms with van der Waals surface area (Å²) in [5.41, 5.74) is 0. The number of amides is 1. The molecule has 0 aromatic rings. The number of unbranched alkanes of at least 4 members (excludes halogenated alkanes) is 9. The van der Waals surface area contributed by atoms with Crippen molar-refractivity contribution in [1.29, 1.82) is 0 Å². The number of hydrogen-bond acceptors (Lipinski definition) is 13. The van der Waals surface area contributed by atoms with E-state index in [1.165, 1.54) is 12.8 Å². The summed E-state index contributed by atoms with van der Waals surface area (Å²) < 4.78 is 33.7. The van der Waals surface area contributed by atoms with Gasteiger partial charge < -0.3 is 38.6 Å². The SMILES string of the molecule is C=CCCCC(CCCC=C)COC(=O)CCCCC(=O)OCC(COC(=O)CCCCC(=O)OCC(CCCC=C)CCCC=C)COC(=O)CCC(CCCCCC)OC(=O)NCCN1CCCC1. The summed E-state index contributed by atoms with van der Waals surface area (Å²) in [7, 11) is 0. The first kappa shape index (κ1) is 64.6. The van der Waals surface area contributed by atoms with Crippen LogP contribution >= 0.6 is 0 Å². The Morgan fingerprint density at radius 1 is 0.465 bits per heavy atom. The van der Waals surface area contributed by atoms with Gasteiger partial charge in [-0.3, -0.25) is 24.0 Å². The number of hydrogen-bond donors (Lipinski definition) is 1. The van der Waals surface area contributed by atoms with Gasteiger partial charge >= 0.3 is 35.9 Å². The van der Waals surface area contributed by atoms with Gasteiger partial charge in [0.2, 0.25) is 0 Å². The van der Waals surface area contributed by atoms with Gasteiger partial charge in [-0.25, -0.2) is 4.79 Å². The van der Waals surface area contributed by atoms with Crippen molar-refractivity contribution in [3.05, 3.63) is 50.6 Å². The molecule has 1 heterocycles. The molecule has 1 aliphatic heterocycles. The Bertz CT molecular complexity index is 1380. The van der Waals surface area contributed by atoms with Crippen LogP contribution in [0.3, 0.4) is 0 Å². The maximum atomic E-state index is 13.1. The molecule has 1 atom stereocenters. The van der Waals surface area contributed by atoms with Crippen LogP contribution in [0.25, 0.3) is 0 Å². The van der Waals surface area contributed by atoms with Crippen LogP contribution in [0.2, 0.25) is 0 Å². The maximum Gasteiger partial charge on any atom is 0.407 e. The average molecular weight is 1000 g/mol. The van der Waals surface area contributed by atoms with E-state index in [4.69, 9.17) is 28.4 Å². The zero-order chi connectivity index (χ0) is 52.0. The Hall–Kier alpha value is -4.46. The lowest BCUT2D eigenvalue weighted by Crippen LogP contribution is -2.35. The Labute approximate surface area is 428 Å². The summed E-state index contributed by atoms with van der Waals surface area (Å²) >= 11 is 0. The molecular weight excluding hydrogens is 905 g/mol. The minimum absolute atomic E-state index is 0.00717. The van der Waals surface area contributed by atoms with Crippen molar-refractivity contribution < 1.29 is 57.2 Å². The molecule has 0 aliphatic carbocycles. The first-order valence-corrected chi connectivity index (χ1v) is 27.4. The molecule has 1 saturated heterocycles. The van der Waals surface area contributed by atoms with Crippen LogP contribution in [-0.2, 0) is 52.4 Å². The van der Waals surface area contributed by atoms with E-state index in [1.807, 2.05) is 24.3 Å². The fourth-order valence-corrected chi connectivity index (χ4v) is 8.32. The topological polar surface area (TPSA) is 173 Å². The molecule has 1 unspecified atom stereocenters. The number of rotatable bonds is 48. The van der Waals surface area contributed by atoms with Crippen LogP contribution in [-0.4, -0.2) is 106 Å². The number of allylic oxidation sites excluding steroid dienone is 4. The van der Waals surface area contributed by atoms with Gasteiger partial charge in [0.25, 0.3) is 0 Å². The second-order valence-corrected chi connectivity index (χ2v) is 19.2. The standard InChI is InChI=1S/C57H96N2O12/c1-6-11-16-21-32-51(71-57(65)58-39-42-59-40-26-27-41-59)37-38-56(64)70-47-50(45-68-54(62)35-24-22-33-52(60)66-43-48(28-17-12-7-2)29-18-13-8-3)46-69-55(63)36-25-23-34-53(61)67-44-49(30-19-14-9-4)31-20-15-10-5/h7-10,48-51H,2-6,11-47H2,1H3,(H,58,65). The lowest BCUT2D eigenvalue weighted by molar-refractivity contribution is -0.154. The molecule has 14 nitrogen and oxygen atoms in total. The maximum absolute atomic E-state index is 13.1. The summed E-state index contributed by atoms with van der Waals surface area (Å²) in [5, 5.41) is 2.85. The van der Waals surface area contributed by atoms with Crippen LogP contribution < -0.4 is 5.32 Å². The molecule has 1 aliphatic rings. The van der Waals surface area contributed by atoms with Crippen molar-refractivity contribution in [1.82, 2.24) is 10.2 Å². The minimum atomic E-state index is -0.643. The van der Waals surface area contributed by atoms with Gasteiger partial charge in [0.05, 0.1) is 19.1 Å². The molecule has 0 aromatic carbocycles. The summed E-state index contributed by atoms with van der Waals surface area (Å²) in [4.78, 5) is 78.8. The summed E-state index contributed by atoms with van der Waals surface area (Å²) in [6.07, 6.45) is 27.7. The van der Waals surface area contributed by atoms with Gasteiger partial charge in [-0.15, -0.1) is 26.3 Å².